The Morgan fingerprint density at radius 1 is 1.08 bits per heavy atom. The smallest absolute Gasteiger partial charge is 0.265 e. The van der Waals surface area contributed by atoms with Crippen molar-refractivity contribution in [3.05, 3.63) is 83.0 Å². The van der Waals surface area contributed by atoms with Gasteiger partial charge in [0.2, 0.25) is 0 Å². The van der Waals surface area contributed by atoms with Gasteiger partial charge in [0.15, 0.2) is 4.96 Å². The zero-order chi connectivity index (χ0) is 18.1. The Morgan fingerprint density at radius 3 is 2.38 bits per heavy atom. The summed E-state index contributed by atoms with van der Waals surface area (Å²) in [6, 6.07) is 20.1. The van der Waals surface area contributed by atoms with Gasteiger partial charge < -0.3 is 4.90 Å². The molecule has 0 aliphatic rings. The van der Waals surface area contributed by atoms with Crippen LogP contribution in [0.1, 0.15) is 20.9 Å². The van der Waals surface area contributed by atoms with Crippen LogP contribution in [-0.2, 0) is 6.54 Å². The lowest BCUT2D eigenvalue weighted by molar-refractivity contribution is 0.0789. The van der Waals surface area contributed by atoms with E-state index in [0.717, 1.165) is 32.4 Å². The lowest BCUT2D eigenvalue weighted by atomic mass is 10.2. The van der Waals surface area contributed by atoms with Crippen molar-refractivity contribution in [1.29, 1.82) is 0 Å². The first-order valence-corrected chi connectivity index (χ1v) is 9.28. The van der Waals surface area contributed by atoms with Gasteiger partial charge in [-0.2, -0.15) is 0 Å². The van der Waals surface area contributed by atoms with Crippen molar-refractivity contribution in [2.24, 2.45) is 0 Å². The van der Waals surface area contributed by atoms with Crippen molar-refractivity contribution in [2.75, 3.05) is 7.05 Å². The molecule has 0 N–H and O–H groups in total. The van der Waals surface area contributed by atoms with Gasteiger partial charge >= 0.3 is 0 Å². The fourth-order valence-corrected chi connectivity index (χ4v) is 4.10. The van der Waals surface area contributed by atoms with Gasteiger partial charge in [-0.1, -0.05) is 72.0 Å². The third-order valence-electron chi connectivity index (χ3n) is 4.43. The van der Waals surface area contributed by atoms with Gasteiger partial charge in [0.05, 0.1) is 5.69 Å². The topological polar surface area (TPSA) is 37.6 Å². The summed E-state index contributed by atoms with van der Waals surface area (Å²) in [4.78, 5) is 20.9. The molecule has 0 aliphatic heterocycles. The van der Waals surface area contributed by atoms with Crippen LogP contribution in [0.3, 0.4) is 0 Å². The molecule has 4 aromatic rings. The van der Waals surface area contributed by atoms with Gasteiger partial charge in [0, 0.05) is 31.0 Å². The number of aromatic nitrogens is 2. The Kier molecular flexibility index (Phi) is 4.31. The molecule has 130 valence electrons. The first-order valence-electron chi connectivity index (χ1n) is 8.47. The van der Waals surface area contributed by atoms with Crippen molar-refractivity contribution in [3.63, 3.8) is 0 Å². The third kappa shape index (κ3) is 3.02. The van der Waals surface area contributed by atoms with E-state index in [1.807, 2.05) is 85.2 Å². The van der Waals surface area contributed by atoms with Crippen molar-refractivity contribution in [3.8, 4) is 11.3 Å². The van der Waals surface area contributed by atoms with Crippen LogP contribution < -0.4 is 0 Å². The van der Waals surface area contributed by atoms with Crippen molar-refractivity contribution < 1.29 is 4.79 Å². The first-order chi connectivity index (χ1) is 12.6. The minimum Gasteiger partial charge on any atom is -0.337 e. The van der Waals surface area contributed by atoms with Gasteiger partial charge in [0.1, 0.15) is 4.88 Å². The van der Waals surface area contributed by atoms with Crippen LogP contribution in [0.15, 0.2) is 66.9 Å². The average molecular weight is 361 g/mol. The number of thiazole rings is 1. The highest BCUT2D eigenvalue weighted by molar-refractivity contribution is 7.19. The number of fused-ring (bicyclic) bond motifs is 1. The Balaban J connectivity index is 1.61. The van der Waals surface area contributed by atoms with Crippen LogP contribution in [0.25, 0.3) is 16.2 Å². The van der Waals surface area contributed by atoms with Crippen LogP contribution >= 0.6 is 11.3 Å². The fraction of sp³-hybridized carbons (Fsp3) is 0.143. The number of aryl methyl sites for hydroxylation is 1. The second kappa shape index (κ2) is 6.77. The Hall–Kier alpha value is -2.92. The van der Waals surface area contributed by atoms with E-state index in [9.17, 15) is 4.79 Å². The zero-order valence-electron chi connectivity index (χ0n) is 14.7. The predicted octanol–water partition coefficient (Wildman–Crippen LogP) is 4.64. The van der Waals surface area contributed by atoms with E-state index < -0.39 is 0 Å². The van der Waals surface area contributed by atoms with E-state index in [0.29, 0.717) is 6.54 Å². The van der Waals surface area contributed by atoms with E-state index in [-0.39, 0.29) is 5.91 Å². The normalized spacial score (nSPS) is 11.0. The number of nitrogens with zero attached hydrogens (tertiary/aromatic N) is 3. The molecule has 2 heterocycles. The number of carbonyl (C=O) groups excluding carboxylic acids is 1. The molecule has 0 unspecified atom stereocenters. The Morgan fingerprint density at radius 2 is 1.73 bits per heavy atom. The zero-order valence-corrected chi connectivity index (χ0v) is 15.5. The van der Waals surface area contributed by atoms with E-state index in [1.54, 1.807) is 4.90 Å². The molecule has 0 saturated carbocycles. The summed E-state index contributed by atoms with van der Waals surface area (Å²) in [6.07, 6.45) is 2.00. The first kappa shape index (κ1) is 16.5. The van der Waals surface area contributed by atoms with Gasteiger partial charge in [0.25, 0.3) is 5.91 Å². The van der Waals surface area contributed by atoms with Crippen LogP contribution in [0.4, 0.5) is 0 Å². The molecule has 0 aliphatic carbocycles. The number of carbonyl (C=O) groups is 1. The largest absolute Gasteiger partial charge is 0.337 e. The van der Waals surface area contributed by atoms with Crippen molar-refractivity contribution in [2.45, 2.75) is 13.5 Å². The monoisotopic (exact) mass is 361 g/mol. The highest BCUT2D eigenvalue weighted by Crippen LogP contribution is 2.28. The second-order valence-corrected chi connectivity index (χ2v) is 7.29. The molecule has 0 saturated heterocycles. The number of hydrogen-bond donors (Lipinski definition) is 0. The van der Waals surface area contributed by atoms with E-state index >= 15 is 0 Å². The molecular formula is C21H19N3OS. The molecule has 5 heteroatoms. The molecular weight excluding hydrogens is 342 g/mol. The molecule has 0 atom stereocenters. The maximum absolute atomic E-state index is 12.9. The van der Waals surface area contributed by atoms with Crippen LogP contribution in [0, 0.1) is 6.92 Å². The quantitative estimate of drug-likeness (QED) is 0.531. The molecule has 0 radical (unpaired) electrons. The van der Waals surface area contributed by atoms with E-state index in [1.165, 1.54) is 11.3 Å². The lowest BCUT2D eigenvalue weighted by Gasteiger charge is -2.16. The molecule has 2 aromatic carbocycles. The predicted molar refractivity (Wildman–Crippen MR) is 105 cm³/mol. The molecule has 4 nitrogen and oxygen atoms in total. The van der Waals surface area contributed by atoms with Gasteiger partial charge in [-0.3, -0.25) is 9.20 Å². The Labute approximate surface area is 156 Å². The maximum Gasteiger partial charge on any atom is 0.265 e. The van der Waals surface area contributed by atoms with Crippen molar-refractivity contribution in [1.82, 2.24) is 14.3 Å². The summed E-state index contributed by atoms with van der Waals surface area (Å²) in [5.41, 5.74) is 4.06. The number of rotatable bonds is 4. The standard InChI is InChI=1S/C21H19N3OS/c1-15-19(20(25)23(2)13-16-9-5-3-6-10-16)26-21-22-18(14-24(15)21)17-11-7-4-8-12-17/h3-12,14H,13H2,1-2H3. The van der Waals surface area contributed by atoms with Gasteiger partial charge in [-0.05, 0) is 12.5 Å². The SMILES string of the molecule is Cc1c(C(=O)N(C)Cc2ccccc2)sc2nc(-c3ccccc3)cn12. The molecule has 1 amide bonds. The summed E-state index contributed by atoms with van der Waals surface area (Å²) in [5.74, 6) is 0.0307. The maximum atomic E-state index is 12.9. The average Bonchev–Trinajstić information content (AvgIpc) is 3.22. The molecule has 26 heavy (non-hydrogen) atoms. The summed E-state index contributed by atoms with van der Waals surface area (Å²) >= 11 is 1.45. The fourth-order valence-electron chi connectivity index (χ4n) is 3.00. The van der Waals surface area contributed by atoms with Gasteiger partial charge in [-0.15, -0.1) is 0 Å². The van der Waals surface area contributed by atoms with Crippen LogP contribution in [0.2, 0.25) is 0 Å². The minimum atomic E-state index is 0.0307. The summed E-state index contributed by atoms with van der Waals surface area (Å²) in [6.45, 7) is 2.57. The minimum absolute atomic E-state index is 0.0307. The summed E-state index contributed by atoms with van der Waals surface area (Å²) in [5, 5.41) is 0. The highest BCUT2D eigenvalue weighted by Gasteiger charge is 2.21. The van der Waals surface area contributed by atoms with E-state index in [2.05, 4.69) is 0 Å². The second-order valence-electron chi connectivity index (χ2n) is 6.31. The molecule has 0 fully saturated rings. The number of benzene rings is 2. The van der Waals surface area contributed by atoms with Gasteiger partial charge in [-0.25, -0.2) is 4.98 Å². The number of hydrogen-bond acceptors (Lipinski definition) is 3. The Bertz CT molecular complexity index is 1050. The molecule has 2 aromatic heterocycles. The lowest BCUT2D eigenvalue weighted by Crippen LogP contribution is -2.26. The number of amides is 1. The van der Waals surface area contributed by atoms with Crippen LogP contribution in [0.5, 0.6) is 0 Å². The summed E-state index contributed by atoms with van der Waals surface area (Å²) < 4.78 is 2.01. The van der Waals surface area contributed by atoms with Crippen LogP contribution in [-0.4, -0.2) is 27.2 Å². The molecule has 4 rings (SSSR count). The summed E-state index contributed by atoms with van der Waals surface area (Å²) in [7, 11) is 1.84. The third-order valence-corrected chi connectivity index (χ3v) is 5.57. The highest BCUT2D eigenvalue weighted by atomic mass is 32.1. The van der Waals surface area contributed by atoms with Crippen molar-refractivity contribution >= 4 is 22.2 Å². The molecule has 0 spiro atoms. The molecule has 0 bridgehead atoms. The number of imidazole rings is 1. The van der Waals surface area contributed by atoms with E-state index in [4.69, 9.17) is 4.98 Å².